The summed E-state index contributed by atoms with van der Waals surface area (Å²) < 4.78 is 26.3. The quantitative estimate of drug-likeness (QED) is 0.320. The van der Waals surface area contributed by atoms with Crippen molar-refractivity contribution >= 4 is 33.2 Å². The monoisotopic (exact) mass is 518 g/mol. The first-order valence-electron chi connectivity index (χ1n) is 11.8. The topological polar surface area (TPSA) is 130 Å². The van der Waals surface area contributed by atoms with Gasteiger partial charge < -0.3 is 10.2 Å². The van der Waals surface area contributed by atoms with Crippen LogP contribution in [0.5, 0.6) is 0 Å². The Hall–Kier alpha value is -3.47. The van der Waals surface area contributed by atoms with Crippen LogP contribution in [0.15, 0.2) is 48.5 Å². The molecule has 0 bridgehead atoms. The summed E-state index contributed by atoms with van der Waals surface area (Å²) in [5, 5.41) is 14.1. The highest BCUT2D eigenvalue weighted by molar-refractivity contribution is 7.92. The van der Waals surface area contributed by atoms with E-state index in [1.807, 2.05) is 37.3 Å². The van der Waals surface area contributed by atoms with E-state index in [0.29, 0.717) is 24.9 Å². The molecule has 1 N–H and O–H groups in total. The molecule has 196 valence electrons. The maximum atomic E-state index is 13.6. The molecule has 0 aliphatic rings. The van der Waals surface area contributed by atoms with Gasteiger partial charge in [0.05, 0.1) is 16.9 Å². The van der Waals surface area contributed by atoms with E-state index in [1.165, 1.54) is 17.0 Å². The van der Waals surface area contributed by atoms with Gasteiger partial charge in [-0.3, -0.25) is 24.0 Å². The average Bonchev–Trinajstić information content (AvgIpc) is 2.83. The smallest absolute Gasteiger partial charge is 0.271 e. The Kier molecular flexibility index (Phi) is 10.4. The number of benzene rings is 2. The molecule has 0 aromatic heterocycles. The molecule has 2 rings (SSSR count). The number of rotatable bonds is 13. The molecule has 0 radical (unpaired) electrons. The third kappa shape index (κ3) is 7.77. The Balaban J connectivity index is 2.43. The Morgan fingerprint density at radius 1 is 1.11 bits per heavy atom. The molecule has 0 heterocycles. The number of nitro groups is 1. The van der Waals surface area contributed by atoms with Gasteiger partial charge in [-0.2, -0.15) is 0 Å². The second-order valence-electron chi connectivity index (χ2n) is 8.54. The number of carbonyl (C=O) groups excluding carboxylic acids is 2. The molecule has 10 nitrogen and oxygen atoms in total. The molecule has 2 aromatic rings. The molecule has 0 aliphatic heterocycles. The molecule has 1 atom stereocenters. The van der Waals surface area contributed by atoms with Crippen LogP contribution in [0.25, 0.3) is 0 Å². The summed E-state index contributed by atoms with van der Waals surface area (Å²) >= 11 is 0. The van der Waals surface area contributed by atoms with Gasteiger partial charge in [0.25, 0.3) is 5.69 Å². The van der Waals surface area contributed by atoms with Crippen molar-refractivity contribution < 1.29 is 22.9 Å². The van der Waals surface area contributed by atoms with E-state index >= 15 is 0 Å². The number of nitrogens with one attached hydrogen (secondary N) is 1. The fourth-order valence-electron chi connectivity index (χ4n) is 3.84. The molecular formula is C25H34N4O6S. The number of nitro benzene ring substituents is 1. The predicted molar refractivity (Wildman–Crippen MR) is 139 cm³/mol. The molecule has 2 amide bonds. The van der Waals surface area contributed by atoms with E-state index in [4.69, 9.17) is 0 Å². The summed E-state index contributed by atoms with van der Waals surface area (Å²) in [6.45, 7) is 5.39. The number of amides is 2. The number of carbonyl (C=O) groups is 2. The van der Waals surface area contributed by atoms with Crippen molar-refractivity contribution in [2.24, 2.45) is 0 Å². The second-order valence-corrected chi connectivity index (χ2v) is 10.4. The van der Waals surface area contributed by atoms with E-state index in [2.05, 4.69) is 5.32 Å². The summed E-state index contributed by atoms with van der Waals surface area (Å²) in [6.07, 6.45) is 2.48. The molecule has 2 aromatic carbocycles. The zero-order chi connectivity index (χ0) is 26.9. The number of sulfonamides is 1. The van der Waals surface area contributed by atoms with Crippen LogP contribution in [-0.2, 0) is 26.0 Å². The number of hydrogen-bond acceptors (Lipinski definition) is 6. The van der Waals surface area contributed by atoms with Crippen LogP contribution in [0.4, 0.5) is 11.4 Å². The number of nitrogens with zero attached hydrogens (tertiary/aromatic N) is 3. The highest BCUT2D eigenvalue weighted by Crippen LogP contribution is 2.27. The largest absolute Gasteiger partial charge is 0.354 e. The summed E-state index contributed by atoms with van der Waals surface area (Å²) in [7, 11) is -3.98. The Labute approximate surface area is 212 Å². The van der Waals surface area contributed by atoms with Crippen LogP contribution in [0.2, 0.25) is 0 Å². The summed E-state index contributed by atoms with van der Waals surface area (Å²) in [5.74, 6) is -0.876. The summed E-state index contributed by atoms with van der Waals surface area (Å²) in [6, 6.07) is 12.5. The molecule has 0 spiro atoms. The number of hydrogen-bond donors (Lipinski definition) is 1. The first-order valence-corrected chi connectivity index (χ1v) is 13.7. The van der Waals surface area contributed by atoms with Crippen molar-refractivity contribution in [3.8, 4) is 0 Å². The normalized spacial score (nSPS) is 12.0. The summed E-state index contributed by atoms with van der Waals surface area (Å²) in [4.78, 5) is 38.6. The number of anilines is 1. The van der Waals surface area contributed by atoms with Gasteiger partial charge in [-0.25, -0.2) is 8.42 Å². The molecule has 0 unspecified atom stereocenters. The van der Waals surface area contributed by atoms with Crippen LogP contribution in [-0.4, -0.2) is 62.0 Å². The van der Waals surface area contributed by atoms with Gasteiger partial charge in [0, 0.05) is 25.2 Å². The maximum absolute atomic E-state index is 13.6. The maximum Gasteiger partial charge on any atom is 0.271 e. The Morgan fingerprint density at radius 3 is 2.33 bits per heavy atom. The lowest BCUT2D eigenvalue weighted by atomic mass is 10.1. The summed E-state index contributed by atoms with van der Waals surface area (Å²) in [5.41, 5.74) is 1.19. The average molecular weight is 519 g/mol. The van der Waals surface area contributed by atoms with Crippen molar-refractivity contribution in [1.29, 1.82) is 0 Å². The van der Waals surface area contributed by atoms with E-state index in [9.17, 15) is 28.1 Å². The van der Waals surface area contributed by atoms with Crippen molar-refractivity contribution in [1.82, 2.24) is 10.2 Å². The van der Waals surface area contributed by atoms with Gasteiger partial charge in [0.2, 0.25) is 21.8 Å². The van der Waals surface area contributed by atoms with Crippen LogP contribution in [0.3, 0.4) is 0 Å². The van der Waals surface area contributed by atoms with Gasteiger partial charge in [0.15, 0.2) is 0 Å². The van der Waals surface area contributed by atoms with Crippen LogP contribution >= 0.6 is 0 Å². The van der Waals surface area contributed by atoms with Crippen molar-refractivity contribution in [3.63, 3.8) is 0 Å². The fraction of sp³-hybridized carbons (Fsp3) is 0.440. The zero-order valence-electron chi connectivity index (χ0n) is 21.1. The highest BCUT2D eigenvalue weighted by Gasteiger charge is 2.32. The molecular weight excluding hydrogens is 484 g/mol. The lowest BCUT2D eigenvalue weighted by Gasteiger charge is -2.33. The third-order valence-electron chi connectivity index (χ3n) is 5.77. The van der Waals surface area contributed by atoms with Gasteiger partial charge in [-0.1, -0.05) is 50.2 Å². The lowest BCUT2D eigenvalue weighted by molar-refractivity contribution is -0.384. The fourth-order valence-corrected chi connectivity index (χ4v) is 4.74. The van der Waals surface area contributed by atoms with Gasteiger partial charge >= 0.3 is 0 Å². The van der Waals surface area contributed by atoms with Crippen molar-refractivity contribution in [2.75, 3.05) is 30.2 Å². The van der Waals surface area contributed by atoms with E-state index < -0.39 is 33.4 Å². The third-order valence-corrected chi connectivity index (χ3v) is 6.90. The predicted octanol–water partition coefficient (Wildman–Crippen LogP) is 3.05. The van der Waals surface area contributed by atoms with Gasteiger partial charge in [0.1, 0.15) is 12.6 Å². The molecule has 0 saturated carbocycles. The molecule has 36 heavy (non-hydrogen) atoms. The van der Waals surface area contributed by atoms with Crippen molar-refractivity contribution in [2.45, 2.75) is 46.1 Å². The molecule has 0 aliphatic carbocycles. The first-order chi connectivity index (χ1) is 17.0. The van der Waals surface area contributed by atoms with Crippen LogP contribution in [0, 0.1) is 17.0 Å². The van der Waals surface area contributed by atoms with Gasteiger partial charge in [-0.15, -0.1) is 0 Å². The molecule has 0 fully saturated rings. The molecule has 11 heteroatoms. The minimum absolute atomic E-state index is 0.0477. The minimum Gasteiger partial charge on any atom is -0.354 e. The Bertz CT molecular complexity index is 1170. The first kappa shape index (κ1) is 28.8. The molecule has 0 saturated heterocycles. The number of aryl methyl sites for hydroxylation is 1. The second kappa shape index (κ2) is 13.0. The van der Waals surface area contributed by atoms with Crippen molar-refractivity contribution in [3.05, 3.63) is 69.8 Å². The lowest BCUT2D eigenvalue weighted by Crippen LogP contribution is -2.53. The minimum atomic E-state index is -3.98. The standard InChI is InChI=1S/C25H34N4O6S/c1-5-15-26-25(31)22(6-2)27(16-14-20-10-8-7-9-11-20)24(30)18-28(36(4,34)35)23-17-21(29(32)33)13-12-19(23)3/h7-13,17,22H,5-6,14-16,18H2,1-4H3,(H,26,31)/t22-/m0/s1. The van der Waals surface area contributed by atoms with E-state index in [0.717, 1.165) is 28.6 Å². The van der Waals surface area contributed by atoms with E-state index in [-0.39, 0.29) is 23.8 Å². The number of non-ortho nitro benzene ring substituents is 1. The van der Waals surface area contributed by atoms with Crippen LogP contribution in [0.1, 0.15) is 37.8 Å². The van der Waals surface area contributed by atoms with E-state index in [1.54, 1.807) is 13.8 Å². The highest BCUT2D eigenvalue weighted by atomic mass is 32.2. The van der Waals surface area contributed by atoms with Crippen LogP contribution < -0.4 is 9.62 Å². The van der Waals surface area contributed by atoms with Gasteiger partial charge in [-0.05, 0) is 37.3 Å². The SMILES string of the molecule is CCCNC(=O)[C@H](CC)N(CCc1ccccc1)C(=O)CN(c1cc([N+](=O)[O-])ccc1C)S(C)(=O)=O. The Morgan fingerprint density at radius 2 is 1.78 bits per heavy atom. The zero-order valence-corrected chi connectivity index (χ0v) is 22.0.